The highest BCUT2D eigenvalue weighted by molar-refractivity contribution is 7.80. The van der Waals surface area contributed by atoms with Gasteiger partial charge in [-0.3, -0.25) is 4.98 Å². The number of hydrogen-bond donors (Lipinski definition) is 1. The molecular formula is C17H22N4S. The van der Waals surface area contributed by atoms with E-state index in [9.17, 15) is 0 Å². The predicted molar refractivity (Wildman–Crippen MR) is 92.6 cm³/mol. The number of hydrogen-bond acceptors (Lipinski definition) is 2. The molecule has 0 aliphatic carbocycles. The van der Waals surface area contributed by atoms with Crippen LogP contribution in [0.15, 0.2) is 42.9 Å². The zero-order valence-corrected chi connectivity index (χ0v) is 14.3. The average Bonchev–Trinajstić information content (AvgIpc) is 3.06. The van der Waals surface area contributed by atoms with E-state index in [0.29, 0.717) is 0 Å². The number of nitrogens with zero attached hydrogens (tertiary/aromatic N) is 3. The molecule has 116 valence electrons. The van der Waals surface area contributed by atoms with Gasteiger partial charge in [-0.05, 0) is 56.8 Å². The van der Waals surface area contributed by atoms with Gasteiger partial charge >= 0.3 is 0 Å². The van der Waals surface area contributed by atoms with Gasteiger partial charge in [0.05, 0.1) is 17.8 Å². The summed E-state index contributed by atoms with van der Waals surface area (Å²) in [5, 5.41) is 4.17. The maximum absolute atomic E-state index is 5.46. The Kier molecular flexibility index (Phi) is 3.68. The van der Waals surface area contributed by atoms with Crippen molar-refractivity contribution in [1.29, 1.82) is 0 Å². The zero-order chi connectivity index (χ0) is 15.9. The lowest BCUT2D eigenvalue weighted by atomic mass is 9.99. The molecule has 3 heterocycles. The van der Waals surface area contributed by atoms with Crippen LogP contribution < -0.4 is 5.32 Å². The molecular weight excluding hydrogens is 292 g/mol. The Labute approximate surface area is 137 Å². The molecule has 2 aromatic rings. The minimum Gasteiger partial charge on any atom is -0.352 e. The van der Waals surface area contributed by atoms with E-state index in [-0.39, 0.29) is 17.6 Å². The van der Waals surface area contributed by atoms with E-state index in [1.807, 2.05) is 31.4 Å². The van der Waals surface area contributed by atoms with Crippen molar-refractivity contribution in [3.63, 3.8) is 0 Å². The molecule has 0 spiro atoms. The molecule has 2 aromatic heterocycles. The normalized spacial score (nSPS) is 22.0. The smallest absolute Gasteiger partial charge is 0.169 e. The summed E-state index contributed by atoms with van der Waals surface area (Å²) in [5.41, 5.74) is 2.34. The Morgan fingerprint density at radius 1 is 1.23 bits per heavy atom. The molecule has 0 radical (unpaired) electrons. The number of aromatic nitrogens is 2. The third-order valence-electron chi connectivity index (χ3n) is 4.17. The molecule has 0 unspecified atom stereocenters. The fourth-order valence-electron chi connectivity index (χ4n) is 2.88. The highest BCUT2D eigenvalue weighted by atomic mass is 32.1. The van der Waals surface area contributed by atoms with Crippen molar-refractivity contribution in [2.75, 3.05) is 7.05 Å². The Morgan fingerprint density at radius 3 is 2.59 bits per heavy atom. The van der Waals surface area contributed by atoms with Gasteiger partial charge in [0.2, 0.25) is 0 Å². The van der Waals surface area contributed by atoms with E-state index in [2.05, 4.69) is 59.0 Å². The van der Waals surface area contributed by atoms with Crippen LogP contribution in [0.1, 0.15) is 44.1 Å². The number of thiocarbonyl (C=S) groups is 1. The first-order chi connectivity index (χ1) is 10.4. The van der Waals surface area contributed by atoms with Crippen molar-refractivity contribution in [2.24, 2.45) is 0 Å². The Morgan fingerprint density at radius 2 is 2.00 bits per heavy atom. The van der Waals surface area contributed by atoms with Crippen LogP contribution in [0.2, 0.25) is 0 Å². The molecule has 3 rings (SSSR count). The summed E-state index contributed by atoms with van der Waals surface area (Å²) in [6, 6.07) is 8.42. The van der Waals surface area contributed by atoms with Crippen molar-refractivity contribution in [2.45, 2.75) is 38.4 Å². The molecule has 1 aliphatic rings. The van der Waals surface area contributed by atoms with Crippen molar-refractivity contribution < 1.29 is 0 Å². The third kappa shape index (κ3) is 2.61. The molecule has 0 bridgehead atoms. The van der Waals surface area contributed by atoms with Gasteiger partial charge < -0.3 is 14.8 Å². The summed E-state index contributed by atoms with van der Waals surface area (Å²) in [7, 11) is 2.04. The third-order valence-corrected chi connectivity index (χ3v) is 4.58. The van der Waals surface area contributed by atoms with Gasteiger partial charge in [0.1, 0.15) is 0 Å². The average molecular weight is 314 g/mol. The second-order valence-corrected chi connectivity index (χ2v) is 7.15. The number of likely N-dealkylation sites (N-methyl/N-ethyl adjacent to an activating group) is 1. The first-order valence-corrected chi connectivity index (χ1v) is 7.91. The Hall–Kier alpha value is -1.88. The summed E-state index contributed by atoms with van der Waals surface area (Å²) in [4.78, 5) is 6.63. The largest absolute Gasteiger partial charge is 0.352 e. The van der Waals surface area contributed by atoms with Gasteiger partial charge in [0, 0.05) is 31.2 Å². The number of pyridine rings is 1. The van der Waals surface area contributed by atoms with Gasteiger partial charge in [-0.1, -0.05) is 6.07 Å². The summed E-state index contributed by atoms with van der Waals surface area (Å²) in [6.07, 6.45) is 6.18. The molecule has 2 atom stereocenters. The maximum Gasteiger partial charge on any atom is 0.169 e. The standard InChI is InChI=1S/C17H22N4S/c1-17(2,3)21-10-8-12(11-21)15-14(19-16(22)20(15)4)13-7-5-6-9-18-13/h5-11,14-15H,1-4H3,(H,19,22)/t14-,15+/m1/s1. The molecule has 0 amide bonds. The van der Waals surface area contributed by atoms with E-state index >= 15 is 0 Å². The van der Waals surface area contributed by atoms with Crippen LogP contribution in [-0.4, -0.2) is 26.6 Å². The van der Waals surface area contributed by atoms with Gasteiger partial charge in [-0.25, -0.2) is 0 Å². The topological polar surface area (TPSA) is 33.1 Å². The molecule has 1 fully saturated rings. The van der Waals surface area contributed by atoms with Gasteiger partial charge in [0.15, 0.2) is 5.11 Å². The van der Waals surface area contributed by atoms with E-state index in [1.165, 1.54) is 5.56 Å². The zero-order valence-electron chi connectivity index (χ0n) is 13.4. The molecule has 5 heteroatoms. The van der Waals surface area contributed by atoms with Crippen LogP contribution in [0.4, 0.5) is 0 Å². The van der Waals surface area contributed by atoms with E-state index in [4.69, 9.17) is 12.2 Å². The van der Waals surface area contributed by atoms with E-state index in [1.54, 1.807) is 0 Å². The van der Waals surface area contributed by atoms with E-state index in [0.717, 1.165) is 10.8 Å². The highest BCUT2D eigenvalue weighted by Gasteiger charge is 2.38. The molecule has 1 aliphatic heterocycles. The monoisotopic (exact) mass is 314 g/mol. The second-order valence-electron chi connectivity index (χ2n) is 6.76. The van der Waals surface area contributed by atoms with Crippen LogP contribution >= 0.6 is 12.2 Å². The van der Waals surface area contributed by atoms with Crippen molar-refractivity contribution in [3.05, 3.63) is 54.1 Å². The molecule has 0 saturated carbocycles. The number of nitrogens with one attached hydrogen (secondary N) is 1. The fourth-order valence-corrected chi connectivity index (χ4v) is 3.12. The van der Waals surface area contributed by atoms with Crippen LogP contribution in [0, 0.1) is 0 Å². The van der Waals surface area contributed by atoms with Crippen LogP contribution in [0.3, 0.4) is 0 Å². The lowest BCUT2D eigenvalue weighted by molar-refractivity contribution is 0.362. The molecule has 0 aromatic carbocycles. The fraction of sp³-hybridized carbons (Fsp3) is 0.412. The van der Waals surface area contributed by atoms with Crippen LogP contribution in [-0.2, 0) is 5.54 Å². The minimum atomic E-state index is 0.0733. The minimum absolute atomic E-state index is 0.0733. The molecule has 22 heavy (non-hydrogen) atoms. The first kappa shape index (κ1) is 15.0. The Bertz CT molecular complexity index is 671. The maximum atomic E-state index is 5.46. The van der Waals surface area contributed by atoms with Crippen molar-refractivity contribution >= 4 is 17.3 Å². The summed E-state index contributed by atoms with van der Waals surface area (Å²) < 4.78 is 2.24. The van der Waals surface area contributed by atoms with Crippen molar-refractivity contribution in [1.82, 2.24) is 19.8 Å². The SMILES string of the molecule is CN1C(=S)N[C@H](c2ccccn2)[C@@H]1c1ccn(C(C)(C)C)c1. The van der Waals surface area contributed by atoms with Crippen LogP contribution in [0.5, 0.6) is 0 Å². The molecule has 1 N–H and O–H groups in total. The first-order valence-electron chi connectivity index (χ1n) is 7.50. The highest BCUT2D eigenvalue weighted by Crippen LogP contribution is 2.37. The second kappa shape index (κ2) is 5.39. The predicted octanol–water partition coefficient (Wildman–Crippen LogP) is 3.24. The van der Waals surface area contributed by atoms with Gasteiger partial charge in [-0.15, -0.1) is 0 Å². The van der Waals surface area contributed by atoms with Gasteiger partial charge in [0.25, 0.3) is 0 Å². The van der Waals surface area contributed by atoms with E-state index < -0.39 is 0 Å². The summed E-state index contributed by atoms with van der Waals surface area (Å²) in [6.45, 7) is 6.61. The van der Waals surface area contributed by atoms with Crippen molar-refractivity contribution in [3.8, 4) is 0 Å². The molecule has 4 nitrogen and oxygen atoms in total. The number of rotatable bonds is 2. The lowest BCUT2D eigenvalue weighted by Gasteiger charge is -2.24. The summed E-state index contributed by atoms with van der Waals surface area (Å²) in [5.74, 6) is 0. The summed E-state index contributed by atoms with van der Waals surface area (Å²) >= 11 is 5.46. The quantitative estimate of drug-likeness (QED) is 0.863. The van der Waals surface area contributed by atoms with Gasteiger partial charge in [-0.2, -0.15) is 0 Å². The molecule has 1 saturated heterocycles. The van der Waals surface area contributed by atoms with Crippen LogP contribution in [0.25, 0.3) is 0 Å². The Balaban J connectivity index is 1.99. The lowest BCUT2D eigenvalue weighted by Crippen LogP contribution is -2.25.